The fourth-order valence-electron chi connectivity index (χ4n) is 2.82. The molecule has 2 rings (SSSR count). The van der Waals surface area contributed by atoms with Gasteiger partial charge in [0.25, 0.3) is 5.91 Å². The molecule has 0 bridgehead atoms. The van der Waals surface area contributed by atoms with E-state index >= 15 is 0 Å². The number of hydrogen-bond donors (Lipinski definition) is 1. The third-order valence-corrected chi connectivity index (χ3v) is 5.40. The maximum atomic E-state index is 14.1. The average Bonchev–Trinajstić information content (AvgIpc) is 2.95. The first-order chi connectivity index (χ1) is 11.8. The quantitative estimate of drug-likeness (QED) is 0.838. The van der Waals surface area contributed by atoms with Gasteiger partial charge >= 0.3 is 0 Å². The molecule has 2 unspecified atom stereocenters. The van der Waals surface area contributed by atoms with Crippen molar-refractivity contribution in [2.24, 2.45) is 11.8 Å². The largest absolute Gasteiger partial charge is 0.354 e. The van der Waals surface area contributed by atoms with Crippen molar-refractivity contribution in [3.8, 4) is 0 Å². The fraction of sp³-hybridized carbons (Fsp3) is 0.579. The minimum absolute atomic E-state index is 0.0282. The molecular formula is C19H27FN2O2S. The summed E-state index contributed by atoms with van der Waals surface area (Å²) < 4.78 is 14.1. The van der Waals surface area contributed by atoms with E-state index in [1.54, 1.807) is 28.8 Å². The lowest BCUT2D eigenvalue weighted by atomic mass is 10.1. The molecule has 1 saturated heterocycles. The van der Waals surface area contributed by atoms with Crippen LogP contribution in [-0.2, 0) is 4.79 Å². The van der Waals surface area contributed by atoms with Crippen molar-refractivity contribution in [3.05, 3.63) is 35.6 Å². The van der Waals surface area contributed by atoms with E-state index in [4.69, 9.17) is 0 Å². The van der Waals surface area contributed by atoms with E-state index in [9.17, 15) is 14.0 Å². The second-order valence-corrected chi connectivity index (χ2v) is 8.48. The number of benzene rings is 1. The van der Waals surface area contributed by atoms with Crippen LogP contribution in [0.3, 0.4) is 0 Å². The molecule has 25 heavy (non-hydrogen) atoms. The lowest BCUT2D eigenvalue weighted by Crippen LogP contribution is -2.50. The number of halogens is 1. The maximum absolute atomic E-state index is 14.1. The van der Waals surface area contributed by atoms with E-state index in [1.807, 2.05) is 13.8 Å². The lowest BCUT2D eigenvalue weighted by Gasteiger charge is -2.30. The molecule has 0 saturated carbocycles. The van der Waals surface area contributed by atoms with E-state index in [1.165, 1.54) is 12.1 Å². The Kier molecular flexibility index (Phi) is 6.87. The summed E-state index contributed by atoms with van der Waals surface area (Å²) in [5.74, 6) is 0.150. The summed E-state index contributed by atoms with van der Waals surface area (Å²) >= 11 is 1.60. The van der Waals surface area contributed by atoms with Crippen LogP contribution in [0.5, 0.6) is 0 Å². The van der Waals surface area contributed by atoms with E-state index in [0.29, 0.717) is 24.1 Å². The molecule has 1 heterocycles. The molecule has 138 valence electrons. The highest BCUT2D eigenvalue weighted by Gasteiger charge is 2.42. The SMILES string of the molecule is CC(C)CNC(=O)C1CSC(CC(C)C)N1C(=O)c1ccccc1F. The third-order valence-electron chi connectivity index (χ3n) is 4.09. The first-order valence-corrected chi connectivity index (χ1v) is 9.82. The fourth-order valence-corrected chi connectivity index (χ4v) is 4.46. The van der Waals surface area contributed by atoms with E-state index in [2.05, 4.69) is 19.2 Å². The van der Waals surface area contributed by atoms with Crippen LogP contribution in [0.25, 0.3) is 0 Å². The smallest absolute Gasteiger partial charge is 0.258 e. The molecule has 6 heteroatoms. The van der Waals surface area contributed by atoms with Crippen LogP contribution in [-0.4, -0.2) is 40.4 Å². The van der Waals surface area contributed by atoms with Crippen molar-refractivity contribution >= 4 is 23.6 Å². The zero-order valence-electron chi connectivity index (χ0n) is 15.3. The highest BCUT2D eigenvalue weighted by Crippen LogP contribution is 2.35. The molecule has 2 amide bonds. The number of carbonyl (C=O) groups excluding carboxylic acids is 2. The van der Waals surface area contributed by atoms with Gasteiger partial charge in [0.1, 0.15) is 11.9 Å². The van der Waals surface area contributed by atoms with Crippen LogP contribution >= 0.6 is 11.8 Å². The van der Waals surface area contributed by atoms with Crippen LogP contribution < -0.4 is 5.32 Å². The van der Waals surface area contributed by atoms with Gasteiger partial charge in [-0.25, -0.2) is 4.39 Å². The zero-order valence-corrected chi connectivity index (χ0v) is 16.1. The monoisotopic (exact) mass is 366 g/mol. The number of rotatable bonds is 6. The van der Waals surface area contributed by atoms with Crippen LogP contribution in [0, 0.1) is 17.7 Å². The number of thioether (sulfide) groups is 1. The molecule has 1 N–H and O–H groups in total. The molecule has 1 aromatic rings. The highest BCUT2D eigenvalue weighted by atomic mass is 32.2. The van der Waals surface area contributed by atoms with Gasteiger partial charge in [-0.1, -0.05) is 39.8 Å². The standard InChI is InChI=1S/C19H27FN2O2S/c1-12(2)9-17-22(19(24)14-7-5-6-8-15(14)20)16(11-25-17)18(23)21-10-13(3)4/h5-8,12-13,16-17H,9-11H2,1-4H3,(H,21,23). The van der Waals surface area contributed by atoms with Gasteiger partial charge in [0.2, 0.25) is 5.91 Å². The van der Waals surface area contributed by atoms with Gasteiger partial charge in [-0.05, 0) is 30.4 Å². The van der Waals surface area contributed by atoms with Gasteiger partial charge in [-0.3, -0.25) is 9.59 Å². The topological polar surface area (TPSA) is 49.4 Å². The van der Waals surface area contributed by atoms with Crippen molar-refractivity contribution in [1.82, 2.24) is 10.2 Å². The van der Waals surface area contributed by atoms with Gasteiger partial charge in [-0.2, -0.15) is 0 Å². The summed E-state index contributed by atoms with van der Waals surface area (Å²) in [6, 6.07) is 5.41. The Morgan fingerprint density at radius 3 is 2.52 bits per heavy atom. The number of nitrogens with zero attached hydrogens (tertiary/aromatic N) is 1. The van der Waals surface area contributed by atoms with Crippen molar-refractivity contribution in [3.63, 3.8) is 0 Å². The van der Waals surface area contributed by atoms with Crippen molar-refractivity contribution in [1.29, 1.82) is 0 Å². The van der Waals surface area contributed by atoms with Crippen LogP contribution in [0.1, 0.15) is 44.5 Å². The van der Waals surface area contributed by atoms with Gasteiger partial charge in [-0.15, -0.1) is 11.8 Å². The molecule has 1 aliphatic heterocycles. The molecule has 0 aliphatic carbocycles. The summed E-state index contributed by atoms with van der Waals surface area (Å²) in [7, 11) is 0. The Morgan fingerprint density at radius 1 is 1.24 bits per heavy atom. The molecule has 0 radical (unpaired) electrons. The maximum Gasteiger partial charge on any atom is 0.258 e. The Morgan fingerprint density at radius 2 is 1.92 bits per heavy atom. The summed E-state index contributed by atoms with van der Waals surface area (Å²) in [4.78, 5) is 27.2. The van der Waals surface area contributed by atoms with E-state index in [0.717, 1.165) is 6.42 Å². The van der Waals surface area contributed by atoms with Gasteiger partial charge in [0, 0.05) is 12.3 Å². The van der Waals surface area contributed by atoms with Crippen molar-refractivity contribution < 1.29 is 14.0 Å². The van der Waals surface area contributed by atoms with E-state index < -0.39 is 17.8 Å². The number of amides is 2. The van der Waals surface area contributed by atoms with Crippen LogP contribution in [0.2, 0.25) is 0 Å². The molecule has 0 aromatic heterocycles. The Labute approximate surface area is 153 Å². The summed E-state index contributed by atoms with van der Waals surface area (Å²) in [5.41, 5.74) is 0.0282. The van der Waals surface area contributed by atoms with Crippen molar-refractivity contribution in [2.75, 3.05) is 12.3 Å². The highest BCUT2D eigenvalue weighted by molar-refractivity contribution is 8.00. The van der Waals surface area contributed by atoms with Crippen LogP contribution in [0.15, 0.2) is 24.3 Å². The van der Waals surface area contributed by atoms with Crippen molar-refractivity contribution in [2.45, 2.75) is 45.5 Å². The first kappa shape index (κ1) is 19.8. The molecule has 1 aliphatic rings. The lowest BCUT2D eigenvalue weighted by molar-refractivity contribution is -0.125. The summed E-state index contributed by atoms with van der Waals surface area (Å²) in [5, 5.41) is 2.80. The molecular weight excluding hydrogens is 339 g/mol. The first-order valence-electron chi connectivity index (χ1n) is 8.77. The molecule has 2 atom stereocenters. The second-order valence-electron chi connectivity index (χ2n) is 7.26. The molecule has 1 fully saturated rings. The molecule has 4 nitrogen and oxygen atoms in total. The minimum atomic E-state index is -0.556. The number of carbonyl (C=O) groups is 2. The summed E-state index contributed by atoms with van der Waals surface area (Å²) in [6.45, 7) is 8.77. The third kappa shape index (κ3) is 4.97. The van der Waals surface area contributed by atoms with Gasteiger partial charge < -0.3 is 10.2 Å². The summed E-state index contributed by atoms with van der Waals surface area (Å²) in [6.07, 6.45) is 0.777. The van der Waals surface area contributed by atoms with Crippen LogP contribution in [0.4, 0.5) is 4.39 Å². The normalized spacial score (nSPS) is 20.4. The average molecular weight is 367 g/mol. The number of hydrogen-bond acceptors (Lipinski definition) is 3. The zero-order chi connectivity index (χ0) is 18.6. The Hall–Kier alpha value is -1.56. The molecule has 0 spiro atoms. The Bertz CT molecular complexity index is 621. The second kappa shape index (κ2) is 8.70. The van der Waals surface area contributed by atoms with Gasteiger partial charge in [0.05, 0.1) is 10.9 Å². The predicted molar refractivity (Wildman–Crippen MR) is 99.9 cm³/mol. The predicted octanol–water partition coefficient (Wildman–Crippen LogP) is 3.53. The van der Waals surface area contributed by atoms with Gasteiger partial charge in [0.15, 0.2) is 0 Å². The van der Waals surface area contributed by atoms with E-state index in [-0.39, 0.29) is 16.8 Å². The minimum Gasteiger partial charge on any atom is -0.354 e. The number of nitrogens with one attached hydrogen (secondary N) is 1. The Balaban J connectivity index is 2.25. The molecule has 1 aromatic carbocycles.